The van der Waals surface area contributed by atoms with E-state index in [1.165, 1.54) is 34.9 Å². The van der Waals surface area contributed by atoms with Crippen molar-refractivity contribution in [1.29, 1.82) is 0 Å². The molecule has 0 bridgehead atoms. The number of likely N-dealkylation sites (tertiary alicyclic amines) is 1. The van der Waals surface area contributed by atoms with Gasteiger partial charge >= 0.3 is 0 Å². The van der Waals surface area contributed by atoms with Gasteiger partial charge in [0.05, 0.1) is 13.2 Å². The third kappa shape index (κ3) is 2.62. The minimum Gasteiger partial charge on any atom is -0.497 e. The first-order valence-electron chi connectivity index (χ1n) is 8.31. The van der Waals surface area contributed by atoms with Crippen LogP contribution < -0.4 is 4.74 Å². The predicted octanol–water partition coefficient (Wildman–Crippen LogP) is 4.36. The molecule has 0 radical (unpaired) electrons. The first kappa shape index (κ1) is 14.3. The van der Waals surface area contributed by atoms with Gasteiger partial charge in [-0.25, -0.2) is 0 Å². The first-order chi connectivity index (χ1) is 11.4. The van der Waals surface area contributed by atoms with Crippen LogP contribution >= 0.6 is 0 Å². The normalized spacial score (nSPS) is 16.7. The molecular weight excluding hydrogens is 284 g/mol. The number of ether oxygens (including phenoxy) is 1. The van der Waals surface area contributed by atoms with E-state index in [1.54, 1.807) is 7.11 Å². The number of benzene rings is 2. The van der Waals surface area contributed by atoms with Crippen molar-refractivity contribution in [3.05, 3.63) is 65.9 Å². The number of hydrogen-bond donors (Lipinski definition) is 1. The van der Waals surface area contributed by atoms with Gasteiger partial charge in [-0.15, -0.1) is 0 Å². The molecule has 2 aromatic carbocycles. The van der Waals surface area contributed by atoms with E-state index in [0.29, 0.717) is 0 Å². The number of H-pyrrole nitrogens is 1. The Kier molecular flexibility index (Phi) is 3.80. The Hall–Kier alpha value is -2.26. The summed E-state index contributed by atoms with van der Waals surface area (Å²) in [6, 6.07) is 17.3. The van der Waals surface area contributed by atoms with Crippen LogP contribution in [0.15, 0.2) is 54.7 Å². The molecule has 0 aliphatic carbocycles. The maximum Gasteiger partial charge on any atom is 0.119 e. The van der Waals surface area contributed by atoms with Crippen LogP contribution in [0.3, 0.4) is 0 Å². The first-order valence-corrected chi connectivity index (χ1v) is 8.31. The van der Waals surface area contributed by atoms with Crippen LogP contribution in [0, 0.1) is 0 Å². The van der Waals surface area contributed by atoms with Crippen molar-refractivity contribution in [3.8, 4) is 5.75 Å². The highest BCUT2D eigenvalue weighted by molar-refractivity contribution is 5.84. The Morgan fingerprint density at radius 3 is 2.70 bits per heavy atom. The van der Waals surface area contributed by atoms with E-state index in [1.807, 2.05) is 6.07 Å². The van der Waals surface area contributed by atoms with Gasteiger partial charge in [-0.3, -0.25) is 4.90 Å². The fraction of sp³-hybridized carbons (Fsp3) is 0.300. The van der Waals surface area contributed by atoms with Gasteiger partial charge in [-0.1, -0.05) is 30.3 Å². The van der Waals surface area contributed by atoms with E-state index in [0.717, 1.165) is 18.8 Å². The molecule has 1 aliphatic rings. The Morgan fingerprint density at radius 1 is 1.04 bits per heavy atom. The summed E-state index contributed by atoms with van der Waals surface area (Å²) < 4.78 is 5.45. The third-order valence-corrected chi connectivity index (χ3v) is 4.83. The Bertz CT molecular complexity index is 802. The van der Waals surface area contributed by atoms with Crippen molar-refractivity contribution >= 4 is 10.9 Å². The lowest BCUT2D eigenvalue weighted by Crippen LogP contribution is -2.26. The second-order valence-electron chi connectivity index (χ2n) is 6.21. The van der Waals surface area contributed by atoms with Gasteiger partial charge in [-0.2, -0.15) is 0 Å². The molecule has 3 aromatic rings. The predicted molar refractivity (Wildman–Crippen MR) is 93.9 cm³/mol. The van der Waals surface area contributed by atoms with Crippen molar-refractivity contribution in [2.45, 2.75) is 18.9 Å². The molecule has 1 N–H and O–H groups in total. The molecule has 1 atom stereocenters. The molecule has 1 aliphatic heterocycles. The smallest absolute Gasteiger partial charge is 0.119 e. The monoisotopic (exact) mass is 306 g/mol. The summed E-state index contributed by atoms with van der Waals surface area (Å²) in [5.74, 6) is 0.923. The average Bonchev–Trinajstić information content (AvgIpc) is 3.26. The lowest BCUT2D eigenvalue weighted by molar-refractivity contribution is 0.282. The van der Waals surface area contributed by atoms with Crippen LogP contribution in [0.25, 0.3) is 10.9 Å². The topological polar surface area (TPSA) is 28.3 Å². The molecule has 3 heteroatoms. The lowest BCUT2D eigenvalue weighted by Gasteiger charge is -2.28. The van der Waals surface area contributed by atoms with Crippen LogP contribution in [0.5, 0.6) is 5.75 Å². The molecule has 4 rings (SSSR count). The van der Waals surface area contributed by atoms with Gasteiger partial charge in [0.15, 0.2) is 0 Å². The second kappa shape index (κ2) is 6.09. The molecule has 1 fully saturated rings. The summed E-state index contributed by atoms with van der Waals surface area (Å²) in [5, 5.41) is 1.31. The second-order valence-corrected chi connectivity index (χ2v) is 6.21. The molecule has 23 heavy (non-hydrogen) atoms. The molecular formula is C20H22N2O. The van der Waals surface area contributed by atoms with Gasteiger partial charge in [0.25, 0.3) is 0 Å². The standard InChI is InChI=1S/C20H22N2O/c1-23-16-8-6-7-15(13-16)20(22-11-4-5-12-22)18-14-21-19-10-3-2-9-17(18)19/h2-3,6-10,13-14,20-21H,4-5,11-12H2,1H3. The van der Waals surface area contributed by atoms with Crippen LogP contribution in [0.1, 0.15) is 30.0 Å². The number of aromatic nitrogens is 1. The summed E-state index contributed by atoms with van der Waals surface area (Å²) in [6.45, 7) is 2.31. The molecule has 1 unspecified atom stereocenters. The number of aromatic amines is 1. The number of rotatable bonds is 4. The Labute approximate surface area is 136 Å². The summed E-state index contributed by atoms with van der Waals surface area (Å²) in [4.78, 5) is 6.02. The molecule has 0 amide bonds. The van der Waals surface area contributed by atoms with E-state index in [9.17, 15) is 0 Å². The number of methoxy groups -OCH3 is 1. The largest absolute Gasteiger partial charge is 0.497 e. The summed E-state index contributed by atoms with van der Waals surface area (Å²) in [5.41, 5.74) is 3.86. The Balaban J connectivity index is 1.85. The zero-order chi connectivity index (χ0) is 15.6. The highest BCUT2D eigenvalue weighted by atomic mass is 16.5. The number of nitrogens with one attached hydrogen (secondary N) is 1. The van der Waals surface area contributed by atoms with Gasteiger partial charge in [-0.05, 0) is 55.3 Å². The number of para-hydroxylation sites is 1. The van der Waals surface area contributed by atoms with E-state index >= 15 is 0 Å². The number of nitrogens with zero attached hydrogens (tertiary/aromatic N) is 1. The average molecular weight is 306 g/mol. The lowest BCUT2D eigenvalue weighted by atomic mass is 9.96. The van der Waals surface area contributed by atoms with E-state index in [-0.39, 0.29) is 6.04 Å². The summed E-state index contributed by atoms with van der Waals surface area (Å²) in [6.07, 6.45) is 4.73. The van der Waals surface area contributed by atoms with Crippen molar-refractivity contribution in [2.24, 2.45) is 0 Å². The van der Waals surface area contributed by atoms with Crippen LogP contribution in [0.4, 0.5) is 0 Å². The molecule has 2 heterocycles. The van der Waals surface area contributed by atoms with Crippen molar-refractivity contribution in [3.63, 3.8) is 0 Å². The zero-order valence-corrected chi connectivity index (χ0v) is 13.5. The van der Waals surface area contributed by atoms with E-state index < -0.39 is 0 Å². The quantitative estimate of drug-likeness (QED) is 0.775. The maximum atomic E-state index is 5.45. The van der Waals surface area contributed by atoms with Crippen LogP contribution in [-0.2, 0) is 0 Å². The van der Waals surface area contributed by atoms with E-state index in [4.69, 9.17) is 4.74 Å². The van der Waals surface area contributed by atoms with Gasteiger partial charge in [0, 0.05) is 17.1 Å². The molecule has 3 nitrogen and oxygen atoms in total. The van der Waals surface area contributed by atoms with Gasteiger partial charge in [0.2, 0.25) is 0 Å². The van der Waals surface area contributed by atoms with Gasteiger partial charge in [0.1, 0.15) is 5.75 Å². The van der Waals surface area contributed by atoms with Crippen LogP contribution in [-0.4, -0.2) is 30.1 Å². The van der Waals surface area contributed by atoms with Crippen molar-refractivity contribution in [2.75, 3.05) is 20.2 Å². The molecule has 1 aromatic heterocycles. The van der Waals surface area contributed by atoms with Crippen molar-refractivity contribution < 1.29 is 4.74 Å². The highest BCUT2D eigenvalue weighted by Gasteiger charge is 2.27. The molecule has 0 saturated carbocycles. The third-order valence-electron chi connectivity index (χ3n) is 4.83. The summed E-state index contributed by atoms with van der Waals surface area (Å²) in [7, 11) is 1.73. The molecule has 118 valence electrons. The van der Waals surface area contributed by atoms with Gasteiger partial charge < -0.3 is 9.72 Å². The minimum absolute atomic E-state index is 0.281. The SMILES string of the molecule is COc1cccc(C(c2c[nH]c3ccccc23)N2CCCC2)c1. The summed E-state index contributed by atoms with van der Waals surface area (Å²) >= 11 is 0. The Morgan fingerprint density at radius 2 is 1.87 bits per heavy atom. The minimum atomic E-state index is 0.281. The van der Waals surface area contributed by atoms with E-state index in [2.05, 4.69) is 58.5 Å². The number of fused-ring (bicyclic) bond motifs is 1. The molecule has 0 spiro atoms. The maximum absolute atomic E-state index is 5.45. The zero-order valence-electron chi connectivity index (χ0n) is 13.5. The highest BCUT2D eigenvalue weighted by Crippen LogP contribution is 2.36. The van der Waals surface area contributed by atoms with Crippen molar-refractivity contribution in [1.82, 2.24) is 9.88 Å². The number of hydrogen-bond acceptors (Lipinski definition) is 2. The van der Waals surface area contributed by atoms with Crippen LogP contribution in [0.2, 0.25) is 0 Å². The fourth-order valence-corrected chi connectivity index (χ4v) is 3.72. The molecule has 1 saturated heterocycles. The fourth-order valence-electron chi connectivity index (χ4n) is 3.72.